The summed E-state index contributed by atoms with van der Waals surface area (Å²) in [5.74, 6) is -0.529. The Hall–Kier alpha value is -1.51. The summed E-state index contributed by atoms with van der Waals surface area (Å²) in [5.41, 5.74) is 2.01. The molecule has 1 aromatic rings. The standard InChI is InChI=1S/C12H16O3/c1-2-9-6-7-11(13)10(8-9)4-3-5-12(14)15/h6-8,13H,2-5H2,1H3,(H,14,15). The molecule has 0 amide bonds. The predicted molar refractivity (Wildman–Crippen MR) is 58.1 cm³/mol. The molecule has 0 unspecified atom stereocenters. The molecular formula is C12H16O3. The summed E-state index contributed by atoms with van der Waals surface area (Å²) in [6, 6.07) is 5.50. The Labute approximate surface area is 89.4 Å². The van der Waals surface area contributed by atoms with E-state index in [-0.39, 0.29) is 12.2 Å². The summed E-state index contributed by atoms with van der Waals surface area (Å²) >= 11 is 0. The molecule has 0 aromatic heterocycles. The zero-order valence-electron chi connectivity index (χ0n) is 8.86. The van der Waals surface area contributed by atoms with Gasteiger partial charge in [-0.25, -0.2) is 0 Å². The fraction of sp³-hybridized carbons (Fsp3) is 0.417. The van der Waals surface area contributed by atoms with Gasteiger partial charge in [-0.2, -0.15) is 0 Å². The number of phenols is 1. The SMILES string of the molecule is CCc1ccc(O)c(CCCC(=O)O)c1. The number of aromatic hydroxyl groups is 1. The normalized spacial score (nSPS) is 10.2. The molecule has 3 nitrogen and oxygen atoms in total. The van der Waals surface area contributed by atoms with Crippen LogP contribution in [0.15, 0.2) is 18.2 Å². The number of hydrogen-bond acceptors (Lipinski definition) is 2. The predicted octanol–water partition coefficient (Wildman–Crippen LogP) is 2.36. The van der Waals surface area contributed by atoms with E-state index >= 15 is 0 Å². The van der Waals surface area contributed by atoms with E-state index in [0.29, 0.717) is 12.8 Å². The number of rotatable bonds is 5. The zero-order chi connectivity index (χ0) is 11.3. The lowest BCUT2D eigenvalue weighted by atomic mass is 10.0. The van der Waals surface area contributed by atoms with Crippen molar-refractivity contribution in [2.24, 2.45) is 0 Å². The Bertz CT molecular complexity index is 345. The average molecular weight is 208 g/mol. The molecule has 0 saturated carbocycles. The number of benzene rings is 1. The average Bonchev–Trinajstić information content (AvgIpc) is 2.20. The number of carboxylic acid groups (broad SMARTS) is 1. The number of aliphatic carboxylic acids is 1. The van der Waals surface area contributed by atoms with Crippen LogP contribution in [0, 0.1) is 0 Å². The van der Waals surface area contributed by atoms with Gasteiger partial charge >= 0.3 is 5.97 Å². The zero-order valence-corrected chi connectivity index (χ0v) is 8.86. The van der Waals surface area contributed by atoms with E-state index in [1.807, 2.05) is 19.1 Å². The lowest BCUT2D eigenvalue weighted by Gasteiger charge is -2.05. The van der Waals surface area contributed by atoms with Crippen LogP contribution in [0.25, 0.3) is 0 Å². The molecule has 3 heteroatoms. The first-order chi connectivity index (χ1) is 7.13. The second-order valence-electron chi connectivity index (χ2n) is 3.56. The van der Waals surface area contributed by atoms with Gasteiger partial charge in [-0.3, -0.25) is 4.79 Å². The second kappa shape index (κ2) is 5.39. The Morgan fingerprint density at radius 3 is 2.73 bits per heavy atom. The van der Waals surface area contributed by atoms with Gasteiger partial charge in [0.05, 0.1) is 0 Å². The molecule has 15 heavy (non-hydrogen) atoms. The monoisotopic (exact) mass is 208 g/mol. The number of aryl methyl sites for hydroxylation is 2. The van der Waals surface area contributed by atoms with E-state index in [1.165, 1.54) is 0 Å². The highest BCUT2D eigenvalue weighted by Gasteiger charge is 2.03. The van der Waals surface area contributed by atoms with Crippen LogP contribution in [-0.2, 0) is 17.6 Å². The van der Waals surface area contributed by atoms with Crippen molar-refractivity contribution in [2.75, 3.05) is 0 Å². The fourth-order valence-corrected chi connectivity index (χ4v) is 1.49. The highest BCUT2D eigenvalue weighted by molar-refractivity contribution is 5.66. The van der Waals surface area contributed by atoms with E-state index in [1.54, 1.807) is 6.07 Å². The van der Waals surface area contributed by atoms with Crippen LogP contribution in [0.3, 0.4) is 0 Å². The molecule has 0 fully saturated rings. The topological polar surface area (TPSA) is 57.5 Å². The summed E-state index contributed by atoms with van der Waals surface area (Å²) in [6.45, 7) is 2.05. The molecule has 1 aromatic carbocycles. The third kappa shape index (κ3) is 3.62. The van der Waals surface area contributed by atoms with Crippen molar-refractivity contribution in [3.63, 3.8) is 0 Å². The summed E-state index contributed by atoms with van der Waals surface area (Å²) in [5, 5.41) is 18.0. The Morgan fingerprint density at radius 2 is 2.13 bits per heavy atom. The van der Waals surface area contributed by atoms with Crippen molar-refractivity contribution in [1.29, 1.82) is 0 Å². The van der Waals surface area contributed by atoms with Gasteiger partial charge in [-0.05, 0) is 36.5 Å². The summed E-state index contributed by atoms with van der Waals surface area (Å²) < 4.78 is 0. The smallest absolute Gasteiger partial charge is 0.303 e. The molecule has 0 heterocycles. The summed E-state index contributed by atoms with van der Waals surface area (Å²) in [6.07, 6.45) is 2.25. The second-order valence-corrected chi connectivity index (χ2v) is 3.56. The molecule has 82 valence electrons. The van der Waals surface area contributed by atoms with Crippen molar-refractivity contribution in [3.05, 3.63) is 29.3 Å². The van der Waals surface area contributed by atoms with E-state index in [2.05, 4.69) is 0 Å². The van der Waals surface area contributed by atoms with Crippen LogP contribution in [0.5, 0.6) is 5.75 Å². The largest absolute Gasteiger partial charge is 0.508 e. The van der Waals surface area contributed by atoms with Crippen LogP contribution in [0.2, 0.25) is 0 Å². The fourth-order valence-electron chi connectivity index (χ4n) is 1.49. The molecule has 2 N–H and O–H groups in total. The van der Waals surface area contributed by atoms with Gasteiger partial charge in [-0.1, -0.05) is 19.1 Å². The summed E-state index contributed by atoms with van der Waals surface area (Å²) in [4.78, 5) is 10.3. The van der Waals surface area contributed by atoms with E-state index in [0.717, 1.165) is 17.5 Å². The highest BCUT2D eigenvalue weighted by atomic mass is 16.4. The van der Waals surface area contributed by atoms with Gasteiger partial charge in [0.1, 0.15) is 5.75 Å². The van der Waals surface area contributed by atoms with Gasteiger partial charge in [0.15, 0.2) is 0 Å². The van der Waals surface area contributed by atoms with Crippen LogP contribution < -0.4 is 0 Å². The Kier molecular flexibility index (Phi) is 4.16. The third-order valence-corrected chi connectivity index (χ3v) is 2.39. The molecule has 0 radical (unpaired) electrons. The first-order valence-electron chi connectivity index (χ1n) is 5.16. The van der Waals surface area contributed by atoms with Crippen LogP contribution in [0.4, 0.5) is 0 Å². The number of hydrogen-bond donors (Lipinski definition) is 2. The molecule has 0 spiro atoms. The maximum Gasteiger partial charge on any atom is 0.303 e. The van der Waals surface area contributed by atoms with Crippen molar-refractivity contribution in [2.45, 2.75) is 32.6 Å². The number of phenolic OH excluding ortho intramolecular Hbond substituents is 1. The van der Waals surface area contributed by atoms with E-state index in [9.17, 15) is 9.90 Å². The molecule has 0 bridgehead atoms. The van der Waals surface area contributed by atoms with Crippen molar-refractivity contribution < 1.29 is 15.0 Å². The van der Waals surface area contributed by atoms with Crippen molar-refractivity contribution >= 4 is 5.97 Å². The molecule has 0 aliphatic rings. The van der Waals surface area contributed by atoms with Gasteiger partial charge in [0.2, 0.25) is 0 Å². The maximum atomic E-state index is 10.3. The minimum absolute atomic E-state index is 0.149. The minimum Gasteiger partial charge on any atom is -0.508 e. The van der Waals surface area contributed by atoms with Crippen LogP contribution >= 0.6 is 0 Å². The van der Waals surface area contributed by atoms with Gasteiger partial charge in [0, 0.05) is 6.42 Å². The molecule has 1 rings (SSSR count). The third-order valence-electron chi connectivity index (χ3n) is 2.39. The van der Waals surface area contributed by atoms with Crippen LogP contribution in [0.1, 0.15) is 30.9 Å². The van der Waals surface area contributed by atoms with Gasteiger partial charge in [0.25, 0.3) is 0 Å². The summed E-state index contributed by atoms with van der Waals surface area (Å²) in [7, 11) is 0. The Morgan fingerprint density at radius 1 is 1.40 bits per heavy atom. The first kappa shape index (κ1) is 11.6. The molecule has 0 aliphatic heterocycles. The first-order valence-corrected chi connectivity index (χ1v) is 5.16. The lowest BCUT2D eigenvalue weighted by Crippen LogP contribution is -1.96. The van der Waals surface area contributed by atoms with Crippen molar-refractivity contribution in [1.82, 2.24) is 0 Å². The van der Waals surface area contributed by atoms with E-state index in [4.69, 9.17) is 5.11 Å². The molecule has 0 aliphatic carbocycles. The molecular weight excluding hydrogens is 192 g/mol. The highest BCUT2D eigenvalue weighted by Crippen LogP contribution is 2.20. The van der Waals surface area contributed by atoms with Crippen molar-refractivity contribution in [3.8, 4) is 5.75 Å². The number of carboxylic acids is 1. The van der Waals surface area contributed by atoms with E-state index < -0.39 is 5.97 Å². The molecule has 0 saturated heterocycles. The number of carbonyl (C=O) groups is 1. The minimum atomic E-state index is -0.791. The van der Waals surface area contributed by atoms with Crippen LogP contribution in [-0.4, -0.2) is 16.2 Å². The Balaban J connectivity index is 2.62. The lowest BCUT2D eigenvalue weighted by molar-refractivity contribution is -0.137. The van der Waals surface area contributed by atoms with Gasteiger partial charge in [-0.15, -0.1) is 0 Å². The maximum absolute atomic E-state index is 10.3. The van der Waals surface area contributed by atoms with Gasteiger partial charge < -0.3 is 10.2 Å². The quantitative estimate of drug-likeness (QED) is 0.781. The molecule has 0 atom stereocenters.